The van der Waals surface area contributed by atoms with Crippen LogP contribution in [-0.2, 0) is 0 Å². The van der Waals surface area contributed by atoms with Crippen LogP contribution in [0.25, 0.3) is 0 Å². The second-order valence-electron chi connectivity index (χ2n) is 3.64. The zero-order valence-corrected chi connectivity index (χ0v) is 10.4. The summed E-state index contributed by atoms with van der Waals surface area (Å²) in [5, 5.41) is 5.33. The lowest BCUT2D eigenvalue weighted by atomic mass is 10.2. The van der Waals surface area contributed by atoms with Crippen molar-refractivity contribution in [3.63, 3.8) is 0 Å². The van der Waals surface area contributed by atoms with Crippen LogP contribution in [0.1, 0.15) is 5.56 Å². The minimum atomic E-state index is -0.338. The Morgan fingerprint density at radius 3 is 2.06 bits per heavy atom. The van der Waals surface area contributed by atoms with Crippen LogP contribution < -0.4 is 10.6 Å². The van der Waals surface area contributed by atoms with Crippen molar-refractivity contribution < 1.29 is 4.79 Å². The summed E-state index contributed by atoms with van der Waals surface area (Å²) in [6, 6.07) is 18.2. The average molecular weight is 256 g/mol. The first-order valence-electron chi connectivity index (χ1n) is 5.48. The predicted molar refractivity (Wildman–Crippen MR) is 76.7 cm³/mol. The fourth-order valence-electron chi connectivity index (χ4n) is 1.45. The molecule has 2 aromatic rings. The minimum Gasteiger partial charge on any atom is -0.308 e. The topological polar surface area (TPSA) is 41.1 Å². The number of carbonyl (C=O) groups excluding carboxylic acids is 1. The highest BCUT2D eigenvalue weighted by molar-refractivity contribution is 7.80. The molecule has 0 spiro atoms. The number of hydrogen-bond acceptors (Lipinski definition) is 2. The molecule has 2 rings (SSSR count). The molecule has 2 aromatic carbocycles. The number of para-hydroxylation sites is 1. The number of anilines is 1. The van der Waals surface area contributed by atoms with Crippen LogP contribution in [0.3, 0.4) is 0 Å². The summed E-state index contributed by atoms with van der Waals surface area (Å²) in [7, 11) is 0. The minimum absolute atomic E-state index is 0.338. The van der Waals surface area contributed by atoms with Gasteiger partial charge in [-0.3, -0.25) is 5.32 Å². The number of thiocarbonyl (C=S) groups is 1. The lowest BCUT2D eigenvalue weighted by Crippen LogP contribution is -2.33. The van der Waals surface area contributed by atoms with E-state index in [-0.39, 0.29) is 6.03 Å². The SMILES string of the molecule is O=C(NC(=S)c1ccccc1)Nc1ccccc1. The molecule has 0 atom stereocenters. The van der Waals surface area contributed by atoms with E-state index in [0.29, 0.717) is 4.99 Å². The summed E-state index contributed by atoms with van der Waals surface area (Å²) in [5.74, 6) is 0. The van der Waals surface area contributed by atoms with Gasteiger partial charge in [0.2, 0.25) is 0 Å². The number of benzene rings is 2. The van der Waals surface area contributed by atoms with E-state index in [1.807, 2.05) is 60.7 Å². The highest BCUT2D eigenvalue weighted by atomic mass is 32.1. The normalized spacial score (nSPS) is 9.56. The maximum absolute atomic E-state index is 11.7. The molecule has 0 saturated carbocycles. The Hall–Kier alpha value is -2.20. The quantitative estimate of drug-likeness (QED) is 0.810. The monoisotopic (exact) mass is 256 g/mol. The Kier molecular flexibility index (Phi) is 4.04. The van der Waals surface area contributed by atoms with E-state index < -0.39 is 0 Å². The van der Waals surface area contributed by atoms with Gasteiger partial charge in [-0.05, 0) is 12.1 Å². The first-order chi connectivity index (χ1) is 8.75. The van der Waals surface area contributed by atoms with Crippen molar-refractivity contribution in [3.05, 3.63) is 66.2 Å². The fraction of sp³-hybridized carbons (Fsp3) is 0. The largest absolute Gasteiger partial charge is 0.324 e. The molecule has 4 heteroatoms. The Morgan fingerprint density at radius 2 is 1.44 bits per heavy atom. The highest BCUT2D eigenvalue weighted by Gasteiger charge is 2.05. The predicted octanol–water partition coefficient (Wildman–Crippen LogP) is 3.18. The molecule has 2 N–H and O–H groups in total. The second-order valence-corrected chi connectivity index (χ2v) is 4.05. The number of hydrogen-bond donors (Lipinski definition) is 2. The molecule has 0 saturated heterocycles. The van der Waals surface area contributed by atoms with Crippen LogP contribution in [0.4, 0.5) is 10.5 Å². The number of nitrogens with one attached hydrogen (secondary N) is 2. The van der Waals surface area contributed by atoms with Crippen molar-refractivity contribution in [1.29, 1.82) is 0 Å². The molecule has 3 nitrogen and oxygen atoms in total. The van der Waals surface area contributed by atoms with Crippen molar-refractivity contribution in [1.82, 2.24) is 5.32 Å². The molecule has 0 unspecified atom stereocenters. The van der Waals surface area contributed by atoms with Gasteiger partial charge >= 0.3 is 6.03 Å². The Balaban J connectivity index is 1.94. The van der Waals surface area contributed by atoms with Gasteiger partial charge in [0, 0.05) is 11.3 Å². The Bertz CT molecular complexity index is 540. The number of carbonyl (C=O) groups is 1. The van der Waals surface area contributed by atoms with Gasteiger partial charge in [0.15, 0.2) is 0 Å². The zero-order chi connectivity index (χ0) is 12.8. The van der Waals surface area contributed by atoms with E-state index >= 15 is 0 Å². The van der Waals surface area contributed by atoms with E-state index in [9.17, 15) is 4.79 Å². The van der Waals surface area contributed by atoms with Crippen molar-refractivity contribution in [2.45, 2.75) is 0 Å². The van der Waals surface area contributed by atoms with E-state index in [1.54, 1.807) is 0 Å². The maximum Gasteiger partial charge on any atom is 0.324 e. The summed E-state index contributed by atoms with van der Waals surface area (Å²) >= 11 is 5.14. The Labute approximate surface area is 111 Å². The summed E-state index contributed by atoms with van der Waals surface area (Å²) < 4.78 is 0. The molecule has 0 fully saturated rings. The molecular weight excluding hydrogens is 244 g/mol. The van der Waals surface area contributed by atoms with E-state index in [1.165, 1.54) is 0 Å². The molecule has 0 heterocycles. The van der Waals surface area contributed by atoms with Crippen molar-refractivity contribution in [2.75, 3.05) is 5.32 Å². The lowest BCUT2D eigenvalue weighted by molar-refractivity contribution is 0.256. The third-order valence-corrected chi connectivity index (χ3v) is 2.63. The van der Waals surface area contributed by atoms with E-state index in [2.05, 4.69) is 10.6 Å². The van der Waals surface area contributed by atoms with E-state index in [0.717, 1.165) is 11.3 Å². The molecule has 18 heavy (non-hydrogen) atoms. The number of urea groups is 1. The van der Waals surface area contributed by atoms with Crippen LogP contribution in [0.2, 0.25) is 0 Å². The molecule has 2 amide bonds. The average Bonchev–Trinajstić information content (AvgIpc) is 2.40. The highest BCUT2D eigenvalue weighted by Crippen LogP contribution is 2.05. The van der Waals surface area contributed by atoms with Crippen molar-refractivity contribution in [3.8, 4) is 0 Å². The molecule has 90 valence electrons. The lowest BCUT2D eigenvalue weighted by Gasteiger charge is -2.08. The van der Waals surface area contributed by atoms with Crippen LogP contribution >= 0.6 is 12.2 Å². The third kappa shape index (κ3) is 3.40. The first kappa shape index (κ1) is 12.3. The number of rotatable bonds is 2. The van der Waals surface area contributed by atoms with Crippen LogP contribution in [-0.4, -0.2) is 11.0 Å². The van der Waals surface area contributed by atoms with E-state index in [4.69, 9.17) is 12.2 Å². The van der Waals surface area contributed by atoms with Gasteiger partial charge in [-0.1, -0.05) is 60.7 Å². The number of amides is 2. The van der Waals surface area contributed by atoms with Gasteiger partial charge in [-0.15, -0.1) is 0 Å². The summed E-state index contributed by atoms with van der Waals surface area (Å²) in [6.07, 6.45) is 0. The molecule has 0 aromatic heterocycles. The van der Waals surface area contributed by atoms with Crippen LogP contribution in [0.5, 0.6) is 0 Å². The molecular formula is C14H12N2OS. The van der Waals surface area contributed by atoms with Gasteiger partial charge in [0.25, 0.3) is 0 Å². The summed E-state index contributed by atoms with van der Waals surface area (Å²) in [4.78, 5) is 12.1. The van der Waals surface area contributed by atoms with Gasteiger partial charge in [0.1, 0.15) is 4.99 Å². The molecule has 0 aliphatic carbocycles. The van der Waals surface area contributed by atoms with Crippen LogP contribution in [0, 0.1) is 0 Å². The fourth-order valence-corrected chi connectivity index (χ4v) is 1.68. The van der Waals surface area contributed by atoms with Gasteiger partial charge < -0.3 is 5.32 Å². The standard InChI is InChI=1S/C14H12N2OS/c17-14(15-12-9-5-2-6-10-12)16-13(18)11-7-3-1-4-8-11/h1-10H,(H2,15,16,17,18). The second kappa shape index (κ2) is 5.93. The van der Waals surface area contributed by atoms with Gasteiger partial charge in [-0.2, -0.15) is 0 Å². The van der Waals surface area contributed by atoms with Crippen molar-refractivity contribution in [2.24, 2.45) is 0 Å². The van der Waals surface area contributed by atoms with Gasteiger partial charge in [-0.25, -0.2) is 4.79 Å². The summed E-state index contributed by atoms with van der Waals surface area (Å²) in [5.41, 5.74) is 1.54. The van der Waals surface area contributed by atoms with Crippen LogP contribution in [0.15, 0.2) is 60.7 Å². The van der Waals surface area contributed by atoms with Gasteiger partial charge in [0.05, 0.1) is 0 Å². The molecule has 0 aliphatic rings. The zero-order valence-electron chi connectivity index (χ0n) is 9.59. The maximum atomic E-state index is 11.7. The third-order valence-electron chi connectivity index (χ3n) is 2.29. The molecule has 0 radical (unpaired) electrons. The molecule has 0 bridgehead atoms. The molecule has 0 aliphatic heterocycles. The smallest absolute Gasteiger partial charge is 0.308 e. The summed E-state index contributed by atoms with van der Waals surface area (Å²) in [6.45, 7) is 0. The Morgan fingerprint density at radius 1 is 0.889 bits per heavy atom. The first-order valence-corrected chi connectivity index (χ1v) is 5.89. The van der Waals surface area contributed by atoms with Crippen molar-refractivity contribution >= 4 is 28.9 Å².